The number of hydrogen-bond donors (Lipinski definition) is 2. The van der Waals surface area contributed by atoms with Gasteiger partial charge in [0.1, 0.15) is 10.5 Å². The van der Waals surface area contributed by atoms with Gasteiger partial charge in [-0.2, -0.15) is 18.1 Å². The number of alkyl halides is 2. The summed E-state index contributed by atoms with van der Waals surface area (Å²) < 4.78 is 86.2. The first kappa shape index (κ1) is 28.2. The van der Waals surface area contributed by atoms with E-state index in [-0.39, 0.29) is 36.1 Å². The van der Waals surface area contributed by atoms with E-state index in [9.17, 15) is 35.9 Å². The highest BCUT2D eigenvalue weighted by molar-refractivity contribution is 7.89. The maximum absolute atomic E-state index is 14.2. The lowest BCUT2D eigenvalue weighted by molar-refractivity contribution is -0.0513. The summed E-state index contributed by atoms with van der Waals surface area (Å²) in [6.45, 7) is -1.61. The number of benzene rings is 1. The number of hydrogen-bond acceptors (Lipinski definition) is 8. The molecule has 3 aromatic rings. The highest BCUT2D eigenvalue weighted by Gasteiger charge is 2.40. The van der Waals surface area contributed by atoms with Crippen LogP contribution in [0.3, 0.4) is 0 Å². The number of aliphatic hydroxyl groups is 1. The number of nitrogens with one attached hydrogen (secondary N) is 1. The topological polar surface area (TPSA) is 127 Å². The minimum Gasteiger partial charge on any atom is -0.429 e. The van der Waals surface area contributed by atoms with Crippen molar-refractivity contribution >= 4 is 27.0 Å². The van der Waals surface area contributed by atoms with E-state index in [2.05, 4.69) is 20.0 Å². The SMILES string of the molecule is C[C@@]1(O)CCC[C@H]1n1c(=O)c(OC(F)F)cc2cnc(NC3CCN(S(=O)(=O)c4cccc(F)c4F)CC3)nc21. The monoisotopic (exact) mass is 585 g/mol. The van der Waals surface area contributed by atoms with Crippen LogP contribution in [0.25, 0.3) is 11.0 Å². The first-order valence-corrected chi connectivity index (χ1v) is 14.1. The van der Waals surface area contributed by atoms with Gasteiger partial charge in [-0.05, 0) is 57.2 Å². The van der Waals surface area contributed by atoms with Crippen molar-refractivity contribution in [2.75, 3.05) is 18.4 Å². The van der Waals surface area contributed by atoms with Gasteiger partial charge in [0.15, 0.2) is 17.4 Å². The maximum Gasteiger partial charge on any atom is 0.387 e. The molecule has 2 N–H and O–H groups in total. The minimum absolute atomic E-state index is 0.0213. The molecule has 2 atom stereocenters. The van der Waals surface area contributed by atoms with Gasteiger partial charge in [-0.3, -0.25) is 9.36 Å². The second-order valence-corrected chi connectivity index (χ2v) is 12.1. The first-order chi connectivity index (χ1) is 18.9. The fraction of sp³-hybridized carbons (Fsp3) is 0.480. The molecule has 0 spiro atoms. The molecule has 1 aliphatic carbocycles. The lowest BCUT2D eigenvalue weighted by Gasteiger charge is -2.32. The van der Waals surface area contributed by atoms with Crippen LogP contribution in [0.5, 0.6) is 5.75 Å². The lowest BCUT2D eigenvalue weighted by atomic mass is 10.00. The third kappa shape index (κ3) is 5.24. The number of piperidine rings is 1. The summed E-state index contributed by atoms with van der Waals surface area (Å²) in [5.41, 5.74) is -2.01. The van der Waals surface area contributed by atoms with Crippen LogP contribution in [0.2, 0.25) is 0 Å². The Bertz CT molecular complexity index is 1590. The Morgan fingerprint density at radius 2 is 1.93 bits per heavy atom. The zero-order valence-corrected chi connectivity index (χ0v) is 22.2. The van der Waals surface area contributed by atoms with E-state index in [1.54, 1.807) is 6.92 Å². The number of aromatic nitrogens is 3. The summed E-state index contributed by atoms with van der Waals surface area (Å²) >= 11 is 0. The number of sulfonamides is 1. The highest BCUT2D eigenvalue weighted by Crippen LogP contribution is 2.40. The minimum atomic E-state index is -4.25. The number of fused-ring (bicyclic) bond motifs is 1. The molecular formula is C25H27F4N5O5S. The van der Waals surface area contributed by atoms with E-state index in [1.807, 2.05) is 0 Å². The van der Waals surface area contributed by atoms with Crippen molar-refractivity contribution in [3.05, 3.63) is 52.5 Å². The number of nitrogens with zero attached hydrogens (tertiary/aromatic N) is 4. The molecule has 2 fully saturated rings. The van der Waals surface area contributed by atoms with Crippen LogP contribution in [-0.4, -0.2) is 63.7 Å². The summed E-state index contributed by atoms with van der Waals surface area (Å²) in [5.74, 6) is -3.16. The normalized spacial score (nSPS) is 22.7. The summed E-state index contributed by atoms with van der Waals surface area (Å²) in [6, 6.07) is 3.08. The number of ether oxygens (including phenoxy) is 1. The third-order valence-electron chi connectivity index (χ3n) is 7.47. The van der Waals surface area contributed by atoms with E-state index in [0.717, 1.165) is 28.6 Å². The number of rotatable bonds is 7. The third-order valence-corrected chi connectivity index (χ3v) is 9.38. The molecule has 0 radical (unpaired) electrons. The van der Waals surface area contributed by atoms with Gasteiger partial charge in [0, 0.05) is 30.7 Å². The van der Waals surface area contributed by atoms with Gasteiger partial charge in [-0.15, -0.1) is 0 Å². The highest BCUT2D eigenvalue weighted by atomic mass is 32.2. The van der Waals surface area contributed by atoms with Crippen molar-refractivity contribution in [2.24, 2.45) is 0 Å². The molecule has 0 amide bonds. The Kier molecular flexibility index (Phi) is 7.48. The Labute approximate surface area is 226 Å². The number of anilines is 1. The van der Waals surface area contributed by atoms with Crippen LogP contribution in [0.1, 0.15) is 45.1 Å². The van der Waals surface area contributed by atoms with Crippen molar-refractivity contribution in [3.63, 3.8) is 0 Å². The van der Waals surface area contributed by atoms with Crippen molar-refractivity contribution in [1.29, 1.82) is 0 Å². The molecule has 3 heterocycles. The van der Waals surface area contributed by atoms with Crippen LogP contribution >= 0.6 is 0 Å². The van der Waals surface area contributed by atoms with Gasteiger partial charge in [-0.25, -0.2) is 22.2 Å². The first-order valence-electron chi connectivity index (χ1n) is 12.7. The fourth-order valence-electron chi connectivity index (χ4n) is 5.42. The molecule has 0 bridgehead atoms. The van der Waals surface area contributed by atoms with Crippen LogP contribution in [0, 0.1) is 11.6 Å². The van der Waals surface area contributed by atoms with Gasteiger partial charge in [0.05, 0.1) is 11.6 Å². The molecular weight excluding hydrogens is 558 g/mol. The zero-order valence-electron chi connectivity index (χ0n) is 21.4. The molecule has 1 aromatic carbocycles. The van der Waals surface area contributed by atoms with Gasteiger partial charge < -0.3 is 15.2 Å². The molecule has 1 saturated heterocycles. The summed E-state index contributed by atoms with van der Waals surface area (Å²) in [7, 11) is -4.25. The van der Waals surface area contributed by atoms with Crippen molar-refractivity contribution < 1.29 is 35.8 Å². The molecule has 2 aromatic heterocycles. The molecule has 5 rings (SSSR count). The molecule has 1 saturated carbocycles. The van der Waals surface area contributed by atoms with Crippen molar-refractivity contribution in [2.45, 2.75) is 68.2 Å². The second kappa shape index (κ2) is 10.6. The molecule has 40 heavy (non-hydrogen) atoms. The Morgan fingerprint density at radius 1 is 1.20 bits per heavy atom. The zero-order chi connectivity index (χ0) is 28.8. The maximum atomic E-state index is 14.2. The van der Waals surface area contributed by atoms with E-state index in [1.165, 1.54) is 10.8 Å². The predicted molar refractivity (Wildman–Crippen MR) is 136 cm³/mol. The largest absolute Gasteiger partial charge is 0.429 e. The lowest BCUT2D eigenvalue weighted by Crippen LogP contribution is -2.42. The molecule has 10 nitrogen and oxygen atoms in total. The fourth-order valence-corrected chi connectivity index (χ4v) is 6.96. The molecule has 216 valence electrons. The van der Waals surface area contributed by atoms with Gasteiger partial charge >= 0.3 is 6.61 Å². The van der Waals surface area contributed by atoms with E-state index >= 15 is 0 Å². The van der Waals surface area contributed by atoms with Crippen molar-refractivity contribution in [3.8, 4) is 5.75 Å². The van der Waals surface area contributed by atoms with Gasteiger partial charge in [0.2, 0.25) is 16.0 Å². The molecule has 2 aliphatic rings. The molecule has 15 heteroatoms. The van der Waals surface area contributed by atoms with E-state index < -0.39 is 56.1 Å². The van der Waals surface area contributed by atoms with E-state index in [4.69, 9.17) is 0 Å². The summed E-state index contributed by atoms with van der Waals surface area (Å²) in [6.07, 6.45) is 3.37. The Morgan fingerprint density at radius 3 is 2.58 bits per heavy atom. The summed E-state index contributed by atoms with van der Waals surface area (Å²) in [4.78, 5) is 21.1. The van der Waals surface area contributed by atoms with Crippen LogP contribution in [0.15, 0.2) is 40.2 Å². The van der Waals surface area contributed by atoms with Crippen LogP contribution in [-0.2, 0) is 10.0 Å². The Balaban J connectivity index is 1.39. The van der Waals surface area contributed by atoms with E-state index in [0.29, 0.717) is 32.1 Å². The van der Waals surface area contributed by atoms with Gasteiger partial charge in [-0.1, -0.05) is 6.07 Å². The summed E-state index contributed by atoms with van der Waals surface area (Å²) in [5, 5.41) is 14.2. The number of halogens is 4. The Hall–Kier alpha value is -3.30. The van der Waals surface area contributed by atoms with Crippen molar-refractivity contribution in [1.82, 2.24) is 18.8 Å². The molecule has 1 aliphatic heterocycles. The standard InChI is InChI=1S/C25H27F4N5O5S/c1-25(36)9-3-6-19(25)34-21-14(12-17(22(34)35)39-23(28)29)13-30-24(32-21)31-15-7-10-33(11-8-15)40(37,38)18-5-2-4-16(26)20(18)27/h2,4-5,12-13,15,19,23,36H,3,6-11H2,1H3,(H,30,31,32)/t19-,25-/m1/s1. The average molecular weight is 586 g/mol. The molecule has 0 unspecified atom stereocenters. The second-order valence-electron chi connectivity index (χ2n) is 10.2. The van der Waals surface area contributed by atoms with Crippen LogP contribution < -0.4 is 15.6 Å². The number of pyridine rings is 1. The van der Waals surface area contributed by atoms with Gasteiger partial charge in [0.25, 0.3) is 5.56 Å². The smallest absolute Gasteiger partial charge is 0.387 e. The quantitative estimate of drug-likeness (QED) is 0.404. The predicted octanol–water partition coefficient (Wildman–Crippen LogP) is 3.41. The van der Waals surface area contributed by atoms with Crippen LogP contribution in [0.4, 0.5) is 23.5 Å². The average Bonchev–Trinajstić information content (AvgIpc) is 3.24.